The van der Waals surface area contributed by atoms with E-state index in [9.17, 15) is 9.59 Å². The summed E-state index contributed by atoms with van der Waals surface area (Å²) in [4.78, 5) is 21.6. The summed E-state index contributed by atoms with van der Waals surface area (Å²) in [5, 5.41) is 17.3. The van der Waals surface area contributed by atoms with Crippen molar-refractivity contribution < 1.29 is 14.7 Å². The number of carbonyl (C=O) groups is 2. The SMILES string of the molecule is C[C@H](NC(=O)NCCn1cccn1)C(=O)O. The average molecular weight is 226 g/mol. The Labute approximate surface area is 92.4 Å². The molecule has 0 saturated heterocycles. The van der Waals surface area contributed by atoms with E-state index in [4.69, 9.17) is 5.11 Å². The van der Waals surface area contributed by atoms with Crippen LogP contribution in [0.4, 0.5) is 4.79 Å². The summed E-state index contributed by atoms with van der Waals surface area (Å²) < 4.78 is 1.67. The van der Waals surface area contributed by atoms with Crippen LogP contribution in [-0.2, 0) is 11.3 Å². The fourth-order valence-electron chi connectivity index (χ4n) is 1.03. The van der Waals surface area contributed by atoms with Gasteiger partial charge in [0.2, 0.25) is 0 Å². The number of nitrogens with one attached hydrogen (secondary N) is 2. The zero-order chi connectivity index (χ0) is 12.0. The minimum Gasteiger partial charge on any atom is -0.480 e. The van der Waals surface area contributed by atoms with E-state index in [1.54, 1.807) is 23.1 Å². The fraction of sp³-hybridized carbons (Fsp3) is 0.444. The maximum absolute atomic E-state index is 11.2. The molecule has 0 spiro atoms. The van der Waals surface area contributed by atoms with Gasteiger partial charge in [-0.3, -0.25) is 9.48 Å². The van der Waals surface area contributed by atoms with E-state index in [1.807, 2.05) is 0 Å². The Bertz CT molecular complexity index is 350. The first-order chi connectivity index (χ1) is 7.59. The van der Waals surface area contributed by atoms with E-state index in [1.165, 1.54) is 6.92 Å². The van der Waals surface area contributed by atoms with E-state index < -0.39 is 18.0 Å². The molecule has 0 bridgehead atoms. The molecule has 7 heteroatoms. The number of hydrogen-bond acceptors (Lipinski definition) is 3. The van der Waals surface area contributed by atoms with Crippen LogP contribution in [0.1, 0.15) is 6.92 Å². The Hall–Kier alpha value is -2.05. The van der Waals surface area contributed by atoms with Crippen molar-refractivity contribution in [3.05, 3.63) is 18.5 Å². The molecule has 1 atom stereocenters. The largest absolute Gasteiger partial charge is 0.480 e. The van der Waals surface area contributed by atoms with Gasteiger partial charge in [-0.2, -0.15) is 5.10 Å². The van der Waals surface area contributed by atoms with Crippen LogP contribution >= 0.6 is 0 Å². The molecule has 7 nitrogen and oxygen atoms in total. The van der Waals surface area contributed by atoms with Gasteiger partial charge in [0.15, 0.2) is 0 Å². The predicted molar refractivity (Wildman–Crippen MR) is 55.9 cm³/mol. The maximum atomic E-state index is 11.2. The van der Waals surface area contributed by atoms with Gasteiger partial charge in [-0.15, -0.1) is 0 Å². The topological polar surface area (TPSA) is 96.3 Å². The molecule has 1 rings (SSSR count). The van der Waals surface area contributed by atoms with Crippen molar-refractivity contribution in [3.63, 3.8) is 0 Å². The molecule has 2 amide bonds. The second kappa shape index (κ2) is 5.74. The van der Waals surface area contributed by atoms with E-state index in [0.717, 1.165) is 0 Å². The van der Waals surface area contributed by atoms with Crippen LogP contribution in [0.2, 0.25) is 0 Å². The molecule has 0 aromatic carbocycles. The number of rotatable bonds is 5. The molecular formula is C9H14N4O3. The summed E-state index contributed by atoms with van der Waals surface area (Å²) in [6.07, 6.45) is 3.42. The third-order valence-corrected chi connectivity index (χ3v) is 1.90. The number of hydrogen-bond donors (Lipinski definition) is 3. The highest BCUT2D eigenvalue weighted by Gasteiger charge is 2.12. The lowest BCUT2D eigenvalue weighted by Gasteiger charge is -2.10. The van der Waals surface area contributed by atoms with Crippen LogP contribution in [0.5, 0.6) is 0 Å². The van der Waals surface area contributed by atoms with Crippen LogP contribution in [0.25, 0.3) is 0 Å². The van der Waals surface area contributed by atoms with Crippen molar-refractivity contribution in [3.8, 4) is 0 Å². The van der Waals surface area contributed by atoms with Crippen molar-refractivity contribution in [2.24, 2.45) is 0 Å². The lowest BCUT2D eigenvalue weighted by molar-refractivity contribution is -0.138. The molecule has 0 aliphatic rings. The van der Waals surface area contributed by atoms with Crippen LogP contribution in [-0.4, -0.2) is 39.5 Å². The smallest absolute Gasteiger partial charge is 0.325 e. The van der Waals surface area contributed by atoms with Gasteiger partial charge in [0.1, 0.15) is 6.04 Å². The standard InChI is InChI=1S/C9H14N4O3/c1-7(8(14)15)12-9(16)10-4-6-13-5-2-3-11-13/h2-3,5,7H,4,6H2,1H3,(H,14,15)(H2,10,12,16)/t7-/m0/s1. The van der Waals surface area contributed by atoms with E-state index >= 15 is 0 Å². The third kappa shape index (κ3) is 3.99. The average Bonchev–Trinajstić information content (AvgIpc) is 2.70. The Morgan fingerprint density at radius 3 is 2.88 bits per heavy atom. The zero-order valence-corrected chi connectivity index (χ0v) is 8.88. The van der Waals surface area contributed by atoms with Crippen LogP contribution in [0.15, 0.2) is 18.5 Å². The molecule has 1 heterocycles. The van der Waals surface area contributed by atoms with Crippen LogP contribution < -0.4 is 10.6 Å². The molecular weight excluding hydrogens is 212 g/mol. The molecule has 0 aliphatic carbocycles. The van der Waals surface area contributed by atoms with Gasteiger partial charge < -0.3 is 15.7 Å². The fourth-order valence-corrected chi connectivity index (χ4v) is 1.03. The lowest BCUT2D eigenvalue weighted by atomic mass is 10.3. The number of urea groups is 1. The summed E-state index contributed by atoms with van der Waals surface area (Å²) in [5.41, 5.74) is 0. The molecule has 0 radical (unpaired) electrons. The lowest BCUT2D eigenvalue weighted by Crippen LogP contribution is -2.45. The van der Waals surface area contributed by atoms with Gasteiger partial charge in [-0.05, 0) is 13.0 Å². The van der Waals surface area contributed by atoms with E-state index in [0.29, 0.717) is 13.1 Å². The molecule has 0 unspecified atom stereocenters. The second-order valence-corrected chi connectivity index (χ2v) is 3.23. The third-order valence-electron chi connectivity index (χ3n) is 1.90. The predicted octanol–water partition coefficient (Wildman–Crippen LogP) is -0.345. The molecule has 1 aromatic rings. The van der Waals surface area contributed by atoms with Gasteiger partial charge in [-0.1, -0.05) is 0 Å². The number of amides is 2. The highest BCUT2D eigenvalue weighted by molar-refractivity contribution is 5.82. The van der Waals surface area contributed by atoms with Crippen LogP contribution in [0.3, 0.4) is 0 Å². The summed E-state index contributed by atoms with van der Waals surface area (Å²) in [6, 6.07) is 0.388. The van der Waals surface area contributed by atoms with Gasteiger partial charge in [0.05, 0.1) is 6.54 Å². The first-order valence-electron chi connectivity index (χ1n) is 4.84. The summed E-state index contributed by atoms with van der Waals surface area (Å²) in [5.74, 6) is -1.07. The number of nitrogens with zero attached hydrogens (tertiary/aromatic N) is 2. The molecule has 16 heavy (non-hydrogen) atoms. The first kappa shape index (κ1) is 12.0. The number of carboxylic acids is 1. The van der Waals surface area contributed by atoms with Crippen LogP contribution in [0, 0.1) is 0 Å². The number of carbonyl (C=O) groups excluding carboxylic acids is 1. The monoisotopic (exact) mass is 226 g/mol. The highest BCUT2D eigenvalue weighted by Crippen LogP contribution is 1.83. The zero-order valence-electron chi connectivity index (χ0n) is 8.88. The quantitative estimate of drug-likeness (QED) is 0.639. The molecule has 88 valence electrons. The number of carboxylic acid groups (broad SMARTS) is 1. The Kier molecular flexibility index (Phi) is 4.31. The van der Waals surface area contributed by atoms with E-state index in [2.05, 4.69) is 15.7 Å². The highest BCUT2D eigenvalue weighted by atomic mass is 16.4. The summed E-state index contributed by atoms with van der Waals surface area (Å²) >= 11 is 0. The van der Waals surface area contributed by atoms with Gasteiger partial charge in [-0.25, -0.2) is 4.79 Å². The van der Waals surface area contributed by atoms with Crippen molar-refractivity contribution in [1.29, 1.82) is 0 Å². The Morgan fingerprint density at radius 2 is 2.31 bits per heavy atom. The molecule has 0 saturated carbocycles. The summed E-state index contributed by atoms with van der Waals surface area (Å²) in [7, 11) is 0. The van der Waals surface area contributed by atoms with Crippen molar-refractivity contribution >= 4 is 12.0 Å². The Balaban J connectivity index is 2.18. The number of aromatic nitrogens is 2. The van der Waals surface area contributed by atoms with Crippen molar-refractivity contribution in [2.75, 3.05) is 6.54 Å². The molecule has 0 fully saturated rings. The Morgan fingerprint density at radius 1 is 1.56 bits per heavy atom. The maximum Gasteiger partial charge on any atom is 0.325 e. The van der Waals surface area contributed by atoms with Gasteiger partial charge >= 0.3 is 12.0 Å². The number of aliphatic carboxylic acids is 1. The van der Waals surface area contributed by atoms with Gasteiger partial charge in [0, 0.05) is 18.9 Å². The minimum absolute atomic E-state index is 0.389. The molecule has 3 N–H and O–H groups in total. The van der Waals surface area contributed by atoms with Crippen molar-refractivity contribution in [2.45, 2.75) is 19.5 Å². The second-order valence-electron chi connectivity index (χ2n) is 3.23. The summed E-state index contributed by atoms with van der Waals surface area (Å²) in [6.45, 7) is 2.33. The minimum atomic E-state index is -1.07. The normalized spacial score (nSPS) is 11.8. The van der Waals surface area contributed by atoms with Gasteiger partial charge in [0.25, 0.3) is 0 Å². The molecule has 1 aromatic heterocycles. The first-order valence-corrected chi connectivity index (χ1v) is 4.84. The van der Waals surface area contributed by atoms with Crippen molar-refractivity contribution in [1.82, 2.24) is 20.4 Å². The molecule has 0 aliphatic heterocycles. The van der Waals surface area contributed by atoms with E-state index in [-0.39, 0.29) is 0 Å².